The van der Waals surface area contributed by atoms with Crippen LogP contribution in [0, 0.1) is 0 Å². The molecule has 0 radical (unpaired) electrons. The Hall–Kier alpha value is -1.75. The molecule has 8 nitrogen and oxygen atoms in total. The predicted octanol–water partition coefficient (Wildman–Crippen LogP) is 1.88. The largest absolute Gasteiger partial charge is 0.378 e. The van der Waals surface area contributed by atoms with E-state index in [9.17, 15) is 18.0 Å². The van der Waals surface area contributed by atoms with E-state index in [1.807, 2.05) is 6.92 Å². The second-order valence-corrected chi connectivity index (χ2v) is 10.7. The second-order valence-electron chi connectivity index (χ2n) is 7.85. The zero-order valence-corrected chi connectivity index (χ0v) is 18.7. The molecule has 0 unspecified atom stereocenters. The van der Waals surface area contributed by atoms with Crippen LogP contribution in [0.25, 0.3) is 10.2 Å². The van der Waals surface area contributed by atoms with Crippen LogP contribution in [0.15, 0.2) is 27.9 Å². The first-order valence-corrected chi connectivity index (χ1v) is 12.6. The fourth-order valence-electron chi connectivity index (χ4n) is 4.16. The second kappa shape index (κ2) is 8.78. The lowest BCUT2D eigenvalue weighted by molar-refractivity contribution is -0.135. The van der Waals surface area contributed by atoms with Gasteiger partial charge in [0.05, 0.1) is 28.3 Å². The lowest BCUT2D eigenvalue weighted by atomic mass is 10.1. The summed E-state index contributed by atoms with van der Waals surface area (Å²) in [4.78, 5) is 26.7. The van der Waals surface area contributed by atoms with Crippen LogP contribution in [-0.2, 0) is 26.1 Å². The van der Waals surface area contributed by atoms with E-state index in [1.165, 1.54) is 0 Å². The number of nitrogens with zero attached hydrogens (tertiary/aromatic N) is 3. The standard InChI is InChI=1S/C20H27N3O5S2/c1-15-4-2-3-8-23(15)30(26,27)16-5-6-17-18(14-16)29-20(25)22(17)9-7-19(24)21-10-12-28-13-11-21/h5-6,14-15H,2-4,7-13H2,1H3/t15-/m1/s1. The van der Waals surface area contributed by atoms with Crippen molar-refractivity contribution in [1.82, 2.24) is 13.8 Å². The zero-order chi connectivity index (χ0) is 21.3. The van der Waals surface area contributed by atoms with Crippen LogP contribution in [0.4, 0.5) is 0 Å². The number of hydrogen-bond donors (Lipinski definition) is 0. The molecule has 2 aliphatic rings. The molecule has 164 valence electrons. The molecule has 2 aliphatic heterocycles. The summed E-state index contributed by atoms with van der Waals surface area (Å²) >= 11 is 1.02. The molecule has 30 heavy (non-hydrogen) atoms. The van der Waals surface area contributed by atoms with Crippen molar-refractivity contribution in [1.29, 1.82) is 0 Å². The highest BCUT2D eigenvalue weighted by molar-refractivity contribution is 7.89. The SMILES string of the molecule is C[C@@H]1CCCCN1S(=O)(=O)c1ccc2c(c1)sc(=O)n2CCC(=O)N1CCOCC1. The number of thiazole rings is 1. The van der Waals surface area contributed by atoms with Gasteiger partial charge in [0, 0.05) is 38.6 Å². The number of ether oxygens (including phenoxy) is 1. The van der Waals surface area contributed by atoms with Crippen molar-refractivity contribution < 1.29 is 17.9 Å². The van der Waals surface area contributed by atoms with E-state index in [0.29, 0.717) is 43.1 Å². The Morgan fingerprint density at radius 3 is 2.70 bits per heavy atom. The summed E-state index contributed by atoms with van der Waals surface area (Å²) in [6, 6.07) is 4.84. The van der Waals surface area contributed by atoms with E-state index in [1.54, 1.807) is 32.0 Å². The van der Waals surface area contributed by atoms with Gasteiger partial charge in [-0.1, -0.05) is 17.8 Å². The summed E-state index contributed by atoms with van der Waals surface area (Å²) in [6.45, 7) is 4.99. The molecule has 3 heterocycles. The molecular weight excluding hydrogens is 426 g/mol. The fraction of sp³-hybridized carbons (Fsp3) is 0.600. The molecule has 1 atom stereocenters. The van der Waals surface area contributed by atoms with Gasteiger partial charge in [0.25, 0.3) is 0 Å². The molecule has 0 N–H and O–H groups in total. The highest BCUT2D eigenvalue weighted by atomic mass is 32.2. The van der Waals surface area contributed by atoms with Gasteiger partial charge in [0.15, 0.2) is 0 Å². The fourth-order valence-corrected chi connectivity index (χ4v) is 6.92. The maximum atomic E-state index is 13.1. The first kappa shape index (κ1) is 21.5. The van der Waals surface area contributed by atoms with Crippen LogP contribution >= 0.6 is 11.3 Å². The van der Waals surface area contributed by atoms with Gasteiger partial charge in [-0.25, -0.2) is 8.42 Å². The Morgan fingerprint density at radius 1 is 1.20 bits per heavy atom. The Kier molecular flexibility index (Phi) is 6.29. The minimum atomic E-state index is -3.59. The van der Waals surface area contributed by atoms with E-state index in [-0.39, 0.29) is 34.7 Å². The normalized spacial score (nSPS) is 21.2. The maximum absolute atomic E-state index is 13.1. The highest BCUT2D eigenvalue weighted by Crippen LogP contribution is 2.28. The monoisotopic (exact) mass is 453 g/mol. The number of piperidine rings is 1. The summed E-state index contributed by atoms with van der Waals surface area (Å²) < 4.78 is 35.2. The molecule has 1 aromatic carbocycles. The number of benzene rings is 1. The molecular formula is C20H27N3O5S2. The molecule has 10 heteroatoms. The van der Waals surface area contributed by atoms with Gasteiger partial charge in [-0.15, -0.1) is 0 Å². The van der Waals surface area contributed by atoms with Gasteiger partial charge in [0.2, 0.25) is 15.9 Å². The lowest BCUT2D eigenvalue weighted by Gasteiger charge is -2.32. The highest BCUT2D eigenvalue weighted by Gasteiger charge is 2.31. The molecule has 1 aromatic heterocycles. The van der Waals surface area contributed by atoms with E-state index >= 15 is 0 Å². The van der Waals surface area contributed by atoms with E-state index in [2.05, 4.69) is 0 Å². The number of morpholine rings is 1. The third-order valence-corrected chi connectivity index (χ3v) is 8.85. The minimum absolute atomic E-state index is 0.00262. The third kappa shape index (κ3) is 4.18. The molecule has 4 rings (SSSR count). The number of rotatable bonds is 5. The molecule has 0 aliphatic carbocycles. The minimum Gasteiger partial charge on any atom is -0.378 e. The molecule has 2 aromatic rings. The topological polar surface area (TPSA) is 88.9 Å². The number of sulfonamides is 1. The Bertz CT molecular complexity index is 1090. The van der Waals surface area contributed by atoms with Crippen LogP contribution in [0.5, 0.6) is 0 Å². The Morgan fingerprint density at radius 2 is 1.97 bits per heavy atom. The van der Waals surface area contributed by atoms with E-state index < -0.39 is 10.0 Å². The number of fused-ring (bicyclic) bond motifs is 1. The van der Waals surface area contributed by atoms with Crippen molar-refractivity contribution in [3.8, 4) is 0 Å². The van der Waals surface area contributed by atoms with Gasteiger partial charge in [-0.2, -0.15) is 4.31 Å². The lowest BCUT2D eigenvalue weighted by Crippen LogP contribution is -2.41. The molecule has 0 bridgehead atoms. The van der Waals surface area contributed by atoms with Crippen molar-refractivity contribution in [2.45, 2.75) is 50.1 Å². The first-order valence-electron chi connectivity index (χ1n) is 10.4. The van der Waals surface area contributed by atoms with Gasteiger partial charge < -0.3 is 9.64 Å². The molecule has 0 saturated carbocycles. The van der Waals surface area contributed by atoms with Gasteiger partial charge in [-0.05, 0) is 38.0 Å². The van der Waals surface area contributed by atoms with Crippen molar-refractivity contribution in [3.05, 3.63) is 27.9 Å². The van der Waals surface area contributed by atoms with Crippen LogP contribution in [0.2, 0.25) is 0 Å². The summed E-state index contributed by atoms with van der Waals surface area (Å²) in [5.41, 5.74) is 0.672. The average molecular weight is 454 g/mol. The van der Waals surface area contributed by atoms with Crippen LogP contribution < -0.4 is 4.87 Å². The number of amides is 1. The number of carbonyl (C=O) groups is 1. The number of carbonyl (C=O) groups excluding carboxylic acids is 1. The quantitative estimate of drug-likeness (QED) is 0.690. The van der Waals surface area contributed by atoms with Crippen molar-refractivity contribution >= 4 is 37.5 Å². The van der Waals surface area contributed by atoms with E-state index in [4.69, 9.17) is 4.74 Å². The molecule has 2 fully saturated rings. The van der Waals surface area contributed by atoms with Gasteiger partial charge >= 0.3 is 4.87 Å². The van der Waals surface area contributed by atoms with Gasteiger partial charge in [0.1, 0.15) is 0 Å². The summed E-state index contributed by atoms with van der Waals surface area (Å²) in [6.07, 6.45) is 3.01. The van der Waals surface area contributed by atoms with Crippen LogP contribution in [0.3, 0.4) is 0 Å². The van der Waals surface area contributed by atoms with E-state index in [0.717, 1.165) is 30.6 Å². The Labute approximate surface area is 180 Å². The summed E-state index contributed by atoms with van der Waals surface area (Å²) in [5.74, 6) is 0.00262. The molecule has 2 saturated heterocycles. The van der Waals surface area contributed by atoms with Crippen LogP contribution in [0.1, 0.15) is 32.6 Å². The van der Waals surface area contributed by atoms with Crippen molar-refractivity contribution in [2.24, 2.45) is 0 Å². The van der Waals surface area contributed by atoms with Crippen LogP contribution in [-0.4, -0.2) is 67.0 Å². The van der Waals surface area contributed by atoms with Crippen molar-refractivity contribution in [3.63, 3.8) is 0 Å². The Balaban J connectivity index is 1.55. The van der Waals surface area contributed by atoms with Crippen molar-refractivity contribution in [2.75, 3.05) is 32.8 Å². The number of aromatic nitrogens is 1. The first-order chi connectivity index (χ1) is 14.4. The number of aryl methyl sites for hydroxylation is 1. The smallest absolute Gasteiger partial charge is 0.308 e. The summed E-state index contributed by atoms with van der Waals surface area (Å²) in [7, 11) is -3.59. The third-order valence-electron chi connectivity index (χ3n) is 5.90. The maximum Gasteiger partial charge on any atom is 0.308 e. The number of hydrogen-bond acceptors (Lipinski definition) is 6. The predicted molar refractivity (Wildman–Crippen MR) is 115 cm³/mol. The van der Waals surface area contributed by atoms with Gasteiger partial charge in [-0.3, -0.25) is 14.2 Å². The molecule has 0 spiro atoms. The summed E-state index contributed by atoms with van der Waals surface area (Å²) in [5, 5.41) is 0. The average Bonchev–Trinajstić information content (AvgIpc) is 3.07. The zero-order valence-electron chi connectivity index (χ0n) is 17.1. The molecule has 1 amide bonds.